The van der Waals surface area contributed by atoms with E-state index in [0.717, 1.165) is 6.20 Å². The highest BCUT2D eigenvalue weighted by atomic mass is 79.9. The number of rotatable bonds is 3. The second-order valence-electron chi connectivity index (χ2n) is 2.88. The number of esters is 1. The van der Waals surface area contributed by atoms with Crippen molar-refractivity contribution in [2.24, 2.45) is 0 Å². The molecule has 0 amide bonds. The van der Waals surface area contributed by atoms with Crippen molar-refractivity contribution >= 4 is 21.9 Å². The van der Waals surface area contributed by atoms with Crippen molar-refractivity contribution in [3.63, 3.8) is 0 Å². The summed E-state index contributed by atoms with van der Waals surface area (Å²) in [5.41, 5.74) is -1.54. The van der Waals surface area contributed by atoms with Crippen molar-refractivity contribution in [2.75, 3.05) is 6.61 Å². The van der Waals surface area contributed by atoms with Crippen LogP contribution in [0.5, 0.6) is 0 Å². The summed E-state index contributed by atoms with van der Waals surface area (Å²) >= 11 is 2.93. The normalized spacial score (nSPS) is 10.1. The van der Waals surface area contributed by atoms with Gasteiger partial charge in [-0.25, -0.2) is 18.6 Å². The maximum atomic E-state index is 12.8. The van der Waals surface area contributed by atoms with E-state index in [2.05, 4.69) is 25.7 Å². The lowest BCUT2D eigenvalue weighted by Crippen LogP contribution is -2.12. The van der Waals surface area contributed by atoms with Crippen molar-refractivity contribution in [1.29, 1.82) is 5.26 Å². The summed E-state index contributed by atoms with van der Waals surface area (Å²) in [6.45, 7) is 1.59. The summed E-state index contributed by atoms with van der Waals surface area (Å²) in [6.07, 6.45) is -1.86. The zero-order valence-corrected chi connectivity index (χ0v) is 10.3. The average molecular weight is 305 g/mol. The van der Waals surface area contributed by atoms with E-state index in [1.807, 2.05) is 0 Å². The molecule has 0 saturated heterocycles. The van der Waals surface area contributed by atoms with Gasteiger partial charge in [-0.2, -0.15) is 5.26 Å². The first-order valence-corrected chi connectivity index (χ1v) is 5.36. The SMILES string of the molecule is CCOC(=O)c1ncc(Br)c(C#N)c1C(F)F. The third-order valence-electron chi connectivity index (χ3n) is 1.87. The number of hydrogen-bond acceptors (Lipinski definition) is 4. The molecule has 7 heteroatoms. The van der Waals surface area contributed by atoms with Gasteiger partial charge in [0.05, 0.1) is 22.2 Å². The van der Waals surface area contributed by atoms with E-state index in [9.17, 15) is 13.6 Å². The monoisotopic (exact) mass is 304 g/mol. The highest BCUT2D eigenvalue weighted by Gasteiger charge is 2.26. The third kappa shape index (κ3) is 2.77. The highest BCUT2D eigenvalue weighted by molar-refractivity contribution is 9.10. The number of alkyl halides is 2. The maximum Gasteiger partial charge on any atom is 0.357 e. The van der Waals surface area contributed by atoms with Crippen LogP contribution in [0.15, 0.2) is 10.7 Å². The molecule has 0 atom stereocenters. The fourth-order valence-electron chi connectivity index (χ4n) is 1.19. The minimum Gasteiger partial charge on any atom is -0.461 e. The van der Waals surface area contributed by atoms with Gasteiger partial charge >= 0.3 is 5.97 Å². The van der Waals surface area contributed by atoms with Gasteiger partial charge in [-0.15, -0.1) is 0 Å². The average Bonchev–Trinajstić information content (AvgIpc) is 2.28. The Labute approximate surface area is 104 Å². The van der Waals surface area contributed by atoms with Crippen molar-refractivity contribution in [3.05, 3.63) is 27.5 Å². The standard InChI is InChI=1S/C10H7BrF2N2O2/c1-2-17-10(16)8-7(9(12)13)5(3-14)6(11)4-15-8/h4,9H,2H2,1H3. The van der Waals surface area contributed by atoms with Crippen LogP contribution in [0.4, 0.5) is 8.78 Å². The third-order valence-corrected chi connectivity index (χ3v) is 2.47. The molecule has 0 fully saturated rings. The zero-order valence-electron chi connectivity index (χ0n) is 8.71. The van der Waals surface area contributed by atoms with Crippen LogP contribution < -0.4 is 0 Å². The number of carbonyl (C=O) groups excluding carboxylic acids is 1. The van der Waals surface area contributed by atoms with Crippen LogP contribution in [0.1, 0.15) is 35.0 Å². The Kier molecular flexibility index (Phi) is 4.52. The molecule has 0 aliphatic carbocycles. The van der Waals surface area contributed by atoms with Crippen molar-refractivity contribution in [2.45, 2.75) is 13.3 Å². The van der Waals surface area contributed by atoms with Crippen molar-refractivity contribution in [3.8, 4) is 6.07 Å². The molecule has 1 aromatic heterocycles. The molecule has 90 valence electrons. The van der Waals surface area contributed by atoms with Gasteiger partial charge in [0.2, 0.25) is 0 Å². The van der Waals surface area contributed by atoms with Crippen LogP contribution in [-0.4, -0.2) is 17.6 Å². The molecule has 17 heavy (non-hydrogen) atoms. The van der Waals surface area contributed by atoms with E-state index in [0.29, 0.717) is 0 Å². The van der Waals surface area contributed by atoms with Crippen molar-refractivity contribution < 1.29 is 18.3 Å². The number of hydrogen-bond donors (Lipinski definition) is 0. The minimum absolute atomic E-state index is 0.0428. The van der Waals surface area contributed by atoms with Crippen LogP contribution in [0.2, 0.25) is 0 Å². The lowest BCUT2D eigenvalue weighted by molar-refractivity contribution is 0.0507. The molecular weight excluding hydrogens is 298 g/mol. The van der Waals surface area contributed by atoms with Crippen LogP contribution in [-0.2, 0) is 4.74 Å². The molecule has 0 saturated carbocycles. The Balaban J connectivity index is 3.42. The Hall–Kier alpha value is -1.55. The van der Waals surface area contributed by atoms with E-state index in [-0.39, 0.29) is 16.6 Å². The molecule has 1 heterocycles. The Morgan fingerprint density at radius 2 is 2.35 bits per heavy atom. The Bertz CT molecular complexity index is 486. The van der Waals surface area contributed by atoms with Gasteiger partial charge in [0, 0.05) is 6.20 Å². The molecule has 1 rings (SSSR count). The molecule has 0 radical (unpaired) electrons. The van der Waals surface area contributed by atoms with Gasteiger partial charge in [-0.3, -0.25) is 0 Å². The summed E-state index contributed by atoms with van der Waals surface area (Å²) < 4.78 is 30.4. The molecule has 4 nitrogen and oxygen atoms in total. The predicted octanol–water partition coefficient (Wildman–Crippen LogP) is 2.83. The summed E-state index contributed by atoms with van der Waals surface area (Å²) in [5, 5.41) is 8.79. The van der Waals surface area contributed by atoms with E-state index >= 15 is 0 Å². The smallest absolute Gasteiger partial charge is 0.357 e. The summed E-state index contributed by atoms with van der Waals surface area (Å²) in [6, 6.07) is 1.61. The lowest BCUT2D eigenvalue weighted by Gasteiger charge is -2.09. The second-order valence-corrected chi connectivity index (χ2v) is 3.73. The quantitative estimate of drug-likeness (QED) is 0.806. The molecular formula is C10H7BrF2N2O2. The molecule has 0 aliphatic heterocycles. The number of aromatic nitrogens is 1. The maximum absolute atomic E-state index is 12.8. The van der Waals surface area contributed by atoms with E-state index in [1.54, 1.807) is 13.0 Å². The number of ether oxygens (including phenoxy) is 1. The van der Waals surface area contributed by atoms with E-state index < -0.39 is 23.7 Å². The van der Waals surface area contributed by atoms with Crippen LogP contribution in [0.3, 0.4) is 0 Å². The first-order valence-electron chi connectivity index (χ1n) is 4.56. The van der Waals surface area contributed by atoms with Crippen molar-refractivity contribution in [1.82, 2.24) is 4.98 Å². The largest absolute Gasteiger partial charge is 0.461 e. The summed E-state index contributed by atoms with van der Waals surface area (Å²) in [7, 11) is 0. The zero-order chi connectivity index (χ0) is 13.0. The van der Waals surface area contributed by atoms with Gasteiger partial charge in [0.25, 0.3) is 6.43 Å². The van der Waals surface area contributed by atoms with Gasteiger partial charge in [-0.05, 0) is 22.9 Å². The van der Waals surface area contributed by atoms with Crippen LogP contribution in [0, 0.1) is 11.3 Å². The fourth-order valence-corrected chi connectivity index (χ4v) is 1.60. The fraction of sp³-hybridized carbons (Fsp3) is 0.300. The molecule has 0 aliphatic rings. The first kappa shape index (κ1) is 13.5. The van der Waals surface area contributed by atoms with Gasteiger partial charge in [0.15, 0.2) is 5.69 Å². The number of pyridine rings is 1. The first-order chi connectivity index (χ1) is 8.02. The van der Waals surface area contributed by atoms with Gasteiger partial charge in [-0.1, -0.05) is 0 Å². The Morgan fingerprint density at radius 1 is 1.71 bits per heavy atom. The number of carbonyl (C=O) groups is 1. The molecule has 0 bridgehead atoms. The molecule has 0 spiro atoms. The minimum atomic E-state index is -2.98. The molecule has 0 N–H and O–H groups in total. The second kappa shape index (κ2) is 5.68. The Morgan fingerprint density at radius 3 is 2.82 bits per heavy atom. The van der Waals surface area contributed by atoms with Gasteiger partial charge in [0.1, 0.15) is 6.07 Å². The topological polar surface area (TPSA) is 63.0 Å². The number of nitrogens with zero attached hydrogens (tertiary/aromatic N) is 2. The van der Waals surface area contributed by atoms with E-state index in [4.69, 9.17) is 5.26 Å². The predicted molar refractivity (Wildman–Crippen MR) is 57.6 cm³/mol. The summed E-state index contributed by atoms with van der Waals surface area (Å²) in [4.78, 5) is 15.0. The molecule has 1 aromatic rings. The van der Waals surface area contributed by atoms with Crippen LogP contribution >= 0.6 is 15.9 Å². The summed E-state index contributed by atoms with van der Waals surface area (Å²) in [5.74, 6) is -0.966. The molecule has 0 aromatic carbocycles. The lowest BCUT2D eigenvalue weighted by atomic mass is 10.1. The number of halogens is 3. The molecule has 0 unspecified atom stereocenters. The van der Waals surface area contributed by atoms with E-state index in [1.165, 1.54) is 0 Å². The number of nitriles is 1. The van der Waals surface area contributed by atoms with Gasteiger partial charge < -0.3 is 4.74 Å². The highest BCUT2D eigenvalue weighted by Crippen LogP contribution is 2.30. The van der Waals surface area contributed by atoms with Crippen LogP contribution in [0.25, 0.3) is 0 Å².